The van der Waals surface area contributed by atoms with Crippen molar-refractivity contribution in [2.24, 2.45) is 20.5 Å². The molecule has 318 valence electrons. The molecule has 2 unspecified atom stereocenters. The minimum atomic E-state index is -1.69. The molecule has 20 heteroatoms. The van der Waals surface area contributed by atoms with Crippen molar-refractivity contribution in [1.82, 2.24) is 0 Å². The quantitative estimate of drug-likeness (QED) is 0.0431. The van der Waals surface area contributed by atoms with Crippen LogP contribution in [0.15, 0.2) is 118 Å². The molecular formula is C42H32Cl6N8O6. The van der Waals surface area contributed by atoms with Crippen molar-refractivity contribution in [3.8, 4) is 0 Å². The fourth-order valence-electron chi connectivity index (χ4n) is 5.39. The molecule has 0 fully saturated rings. The monoisotopic (exact) mass is 954 g/mol. The zero-order valence-electron chi connectivity index (χ0n) is 32.3. The number of nitrogens with one attached hydrogen (secondary N) is 4. The standard InChI is InChI=1S/C42H32Cl6N8O6/c1-21(57)37(55-53-33-17-23(11-13-27(33)45)39(59)49-29-9-5-3-7-25(29)19-43)41(61)51-31-15-16-32(36(48)35(31)47)52-42(62)38(22(2)58)56-54-34-18-24(12-14-28(34)46)40(60)50-30-10-6-4-8-26(30)20-44/h3-18,37-38H,19-20H2,1-2H3,(H,49,59)(H,50,60)(H,51,61)(H,52,62). The van der Waals surface area contributed by atoms with Crippen LogP contribution in [0, 0.1) is 0 Å². The van der Waals surface area contributed by atoms with E-state index in [-0.39, 0.29) is 65.7 Å². The molecule has 4 N–H and O–H groups in total. The maximum absolute atomic E-state index is 13.3. The molecule has 0 aliphatic carbocycles. The number of anilines is 4. The first-order valence-corrected chi connectivity index (χ1v) is 20.6. The first-order chi connectivity index (χ1) is 29.6. The van der Waals surface area contributed by atoms with Crippen molar-refractivity contribution in [2.45, 2.75) is 37.7 Å². The second-order valence-electron chi connectivity index (χ2n) is 13.0. The smallest absolute Gasteiger partial charge is 0.258 e. The van der Waals surface area contributed by atoms with E-state index in [0.717, 1.165) is 13.8 Å². The Morgan fingerprint density at radius 3 is 1.23 bits per heavy atom. The van der Waals surface area contributed by atoms with Crippen LogP contribution in [0.3, 0.4) is 0 Å². The van der Waals surface area contributed by atoms with Crippen LogP contribution >= 0.6 is 69.6 Å². The van der Waals surface area contributed by atoms with Crippen molar-refractivity contribution in [3.63, 3.8) is 0 Å². The summed E-state index contributed by atoms with van der Waals surface area (Å²) < 4.78 is 0. The first-order valence-electron chi connectivity index (χ1n) is 18.0. The number of azo groups is 2. The molecule has 5 rings (SSSR count). The number of hydrogen-bond donors (Lipinski definition) is 4. The van der Waals surface area contributed by atoms with Gasteiger partial charge in [0.1, 0.15) is 11.4 Å². The van der Waals surface area contributed by atoms with Gasteiger partial charge in [0.15, 0.2) is 11.6 Å². The summed E-state index contributed by atoms with van der Waals surface area (Å²) in [7, 11) is 0. The molecule has 0 aliphatic rings. The molecule has 0 heterocycles. The second-order valence-corrected chi connectivity index (χ2v) is 15.2. The first kappa shape index (κ1) is 47.3. The van der Waals surface area contributed by atoms with Gasteiger partial charge in [-0.2, -0.15) is 20.5 Å². The Labute approximate surface area is 384 Å². The van der Waals surface area contributed by atoms with Crippen molar-refractivity contribution in [3.05, 3.63) is 139 Å². The summed E-state index contributed by atoms with van der Waals surface area (Å²) >= 11 is 37.5. The summed E-state index contributed by atoms with van der Waals surface area (Å²) in [5.74, 6) is -3.95. The van der Waals surface area contributed by atoms with Gasteiger partial charge in [-0.05, 0) is 85.6 Å². The molecule has 0 aliphatic heterocycles. The van der Waals surface area contributed by atoms with E-state index in [2.05, 4.69) is 41.7 Å². The largest absolute Gasteiger partial charge is 0.322 e. The molecule has 0 aromatic heterocycles. The van der Waals surface area contributed by atoms with Crippen LogP contribution in [0.25, 0.3) is 0 Å². The molecule has 0 spiro atoms. The number of ketones is 2. The summed E-state index contributed by atoms with van der Waals surface area (Å²) in [4.78, 5) is 77.8. The third-order valence-corrected chi connectivity index (χ3v) is 10.8. The van der Waals surface area contributed by atoms with E-state index in [1.165, 1.54) is 48.5 Å². The van der Waals surface area contributed by atoms with E-state index < -0.39 is 47.3 Å². The molecule has 0 saturated carbocycles. The Morgan fingerprint density at radius 2 is 0.871 bits per heavy atom. The Hall–Kier alpha value is -5.74. The highest BCUT2D eigenvalue weighted by atomic mass is 35.5. The van der Waals surface area contributed by atoms with Crippen LogP contribution in [0.1, 0.15) is 45.7 Å². The van der Waals surface area contributed by atoms with Crippen LogP contribution in [0.4, 0.5) is 34.1 Å². The summed E-state index contributed by atoms with van der Waals surface area (Å²) in [5.41, 5.74) is 2.60. The molecule has 5 aromatic rings. The van der Waals surface area contributed by atoms with Gasteiger partial charge in [0.2, 0.25) is 12.1 Å². The van der Waals surface area contributed by atoms with Gasteiger partial charge in [-0.1, -0.05) is 82.8 Å². The molecule has 0 radical (unpaired) electrons. The van der Waals surface area contributed by atoms with Crippen molar-refractivity contribution >= 4 is 139 Å². The molecule has 0 bridgehead atoms. The number of hydrogen-bond acceptors (Lipinski definition) is 10. The normalized spacial score (nSPS) is 12.1. The second kappa shape index (κ2) is 21.9. The Kier molecular flexibility index (Phi) is 16.7. The number of para-hydroxylation sites is 2. The molecular weight excluding hydrogens is 925 g/mol. The van der Waals surface area contributed by atoms with Gasteiger partial charge in [-0.15, -0.1) is 23.2 Å². The Bertz CT molecular complexity index is 2460. The van der Waals surface area contributed by atoms with Gasteiger partial charge in [0, 0.05) is 34.3 Å². The lowest BCUT2D eigenvalue weighted by atomic mass is 10.1. The number of Topliss-reactive ketones (excluding diaryl/α,β-unsaturated/α-hetero) is 2. The van der Waals surface area contributed by atoms with E-state index >= 15 is 0 Å². The fraction of sp³-hybridized carbons (Fsp3) is 0.143. The minimum Gasteiger partial charge on any atom is -0.322 e. The van der Waals surface area contributed by atoms with E-state index in [1.54, 1.807) is 48.5 Å². The average Bonchev–Trinajstić information content (AvgIpc) is 3.24. The van der Waals surface area contributed by atoms with Crippen molar-refractivity contribution < 1.29 is 28.8 Å². The van der Waals surface area contributed by atoms with Gasteiger partial charge in [0.25, 0.3) is 23.6 Å². The summed E-state index contributed by atoms with van der Waals surface area (Å²) in [6, 6.07) is 21.6. The minimum absolute atomic E-state index is 0.00193. The maximum atomic E-state index is 13.3. The predicted molar refractivity (Wildman–Crippen MR) is 242 cm³/mol. The van der Waals surface area contributed by atoms with E-state index in [0.29, 0.717) is 22.5 Å². The summed E-state index contributed by atoms with van der Waals surface area (Å²) in [5, 5.41) is 25.9. The summed E-state index contributed by atoms with van der Waals surface area (Å²) in [6.07, 6.45) is 0. The van der Waals surface area contributed by atoms with Gasteiger partial charge >= 0.3 is 0 Å². The van der Waals surface area contributed by atoms with Gasteiger partial charge in [-0.3, -0.25) is 28.8 Å². The number of halogens is 6. The molecule has 14 nitrogen and oxygen atoms in total. The number of alkyl halides is 2. The number of carbonyl (C=O) groups is 6. The third-order valence-electron chi connectivity index (χ3n) is 8.66. The number of benzene rings is 5. The van der Waals surface area contributed by atoms with Crippen LogP contribution in [-0.2, 0) is 30.9 Å². The van der Waals surface area contributed by atoms with Crippen LogP contribution < -0.4 is 21.3 Å². The number of amides is 4. The molecule has 5 aromatic carbocycles. The zero-order chi connectivity index (χ0) is 45.1. The lowest BCUT2D eigenvalue weighted by Crippen LogP contribution is -2.32. The van der Waals surface area contributed by atoms with Crippen LogP contribution in [0.5, 0.6) is 0 Å². The SMILES string of the molecule is CC(=O)C(N=Nc1cc(C(=O)Nc2ccccc2CCl)ccc1Cl)C(=O)Nc1ccc(NC(=O)C(N=Nc2cc(C(=O)Nc3ccccc3CCl)ccc2Cl)C(C)=O)c(Cl)c1Cl. The highest BCUT2D eigenvalue weighted by molar-refractivity contribution is 6.46. The highest BCUT2D eigenvalue weighted by Crippen LogP contribution is 2.37. The molecule has 0 saturated heterocycles. The zero-order valence-corrected chi connectivity index (χ0v) is 36.8. The van der Waals surface area contributed by atoms with E-state index in [1.807, 2.05) is 0 Å². The summed E-state index contributed by atoms with van der Waals surface area (Å²) in [6.45, 7) is 2.23. The number of rotatable bonds is 16. The molecule has 2 atom stereocenters. The van der Waals surface area contributed by atoms with Crippen LogP contribution in [-0.4, -0.2) is 47.3 Å². The van der Waals surface area contributed by atoms with Crippen molar-refractivity contribution in [2.75, 3.05) is 21.3 Å². The van der Waals surface area contributed by atoms with Crippen molar-refractivity contribution in [1.29, 1.82) is 0 Å². The number of carbonyl (C=O) groups excluding carboxylic acids is 6. The van der Waals surface area contributed by atoms with Gasteiger partial charge in [-0.25, -0.2) is 0 Å². The fourth-order valence-corrected chi connectivity index (χ4v) is 6.59. The Morgan fingerprint density at radius 1 is 0.500 bits per heavy atom. The lowest BCUT2D eigenvalue weighted by molar-refractivity contribution is -0.127. The average molecular weight is 957 g/mol. The highest BCUT2D eigenvalue weighted by Gasteiger charge is 2.27. The third kappa shape index (κ3) is 12.0. The van der Waals surface area contributed by atoms with E-state index in [9.17, 15) is 28.8 Å². The maximum Gasteiger partial charge on any atom is 0.258 e. The lowest BCUT2D eigenvalue weighted by Gasteiger charge is -2.15. The van der Waals surface area contributed by atoms with Gasteiger partial charge < -0.3 is 21.3 Å². The molecule has 4 amide bonds. The predicted octanol–water partition coefficient (Wildman–Crippen LogP) is 11.6. The molecule has 62 heavy (non-hydrogen) atoms. The topological polar surface area (TPSA) is 200 Å². The van der Waals surface area contributed by atoms with Crippen LogP contribution in [0.2, 0.25) is 20.1 Å². The van der Waals surface area contributed by atoms with E-state index in [4.69, 9.17) is 69.6 Å². The number of nitrogens with zero attached hydrogens (tertiary/aromatic N) is 4. The Balaban J connectivity index is 1.27. The van der Waals surface area contributed by atoms with Gasteiger partial charge in [0.05, 0.1) is 31.5 Å².